The molecule has 1 fully saturated rings. The fourth-order valence-electron chi connectivity index (χ4n) is 2.56. The number of nitrogens with zero attached hydrogens (tertiary/aromatic N) is 4. The van der Waals surface area contributed by atoms with E-state index in [1.807, 2.05) is 13.8 Å². The molecule has 1 aromatic carbocycles. The lowest BCUT2D eigenvalue weighted by molar-refractivity contribution is 0.340. The smallest absolute Gasteiger partial charge is 0.243 e. The second-order valence-electron chi connectivity index (χ2n) is 5.40. The molecule has 0 radical (unpaired) electrons. The van der Waals surface area contributed by atoms with E-state index in [0.29, 0.717) is 43.4 Å². The fourth-order valence-corrected chi connectivity index (χ4v) is 4.72. The van der Waals surface area contributed by atoms with Crippen LogP contribution < -0.4 is 9.64 Å². The number of anilines is 1. The van der Waals surface area contributed by atoms with Crippen LogP contribution in [0.1, 0.15) is 11.9 Å². The number of aromatic nitrogens is 2. The standard InChI is InChI=1S/C15H20N4O3S2/c1-3-22-13-4-6-14(7-5-13)24(20,21)19-10-8-18(9-11-19)15-17-16-12(2)23-15/h4-7H,3,8-11H2,1-2H3. The van der Waals surface area contributed by atoms with E-state index in [4.69, 9.17) is 4.74 Å². The van der Waals surface area contributed by atoms with Gasteiger partial charge in [0, 0.05) is 26.2 Å². The molecule has 1 aliphatic rings. The van der Waals surface area contributed by atoms with Crippen LogP contribution >= 0.6 is 11.3 Å². The summed E-state index contributed by atoms with van der Waals surface area (Å²) >= 11 is 1.53. The first-order valence-corrected chi connectivity index (χ1v) is 10.0. The third kappa shape index (κ3) is 3.52. The molecule has 0 amide bonds. The zero-order valence-electron chi connectivity index (χ0n) is 13.7. The van der Waals surface area contributed by atoms with Gasteiger partial charge in [-0.2, -0.15) is 4.31 Å². The van der Waals surface area contributed by atoms with E-state index in [2.05, 4.69) is 15.1 Å². The van der Waals surface area contributed by atoms with E-state index >= 15 is 0 Å². The molecule has 130 valence electrons. The first-order valence-electron chi connectivity index (χ1n) is 7.79. The van der Waals surface area contributed by atoms with E-state index in [1.165, 1.54) is 15.6 Å². The van der Waals surface area contributed by atoms with Gasteiger partial charge in [0.2, 0.25) is 15.2 Å². The van der Waals surface area contributed by atoms with Gasteiger partial charge in [0.05, 0.1) is 11.5 Å². The van der Waals surface area contributed by atoms with Gasteiger partial charge in [0.25, 0.3) is 0 Å². The third-order valence-corrected chi connectivity index (χ3v) is 6.61. The van der Waals surface area contributed by atoms with Crippen molar-refractivity contribution in [2.45, 2.75) is 18.7 Å². The molecular weight excluding hydrogens is 348 g/mol. The molecule has 9 heteroatoms. The number of ether oxygens (including phenoxy) is 1. The molecule has 24 heavy (non-hydrogen) atoms. The van der Waals surface area contributed by atoms with E-state index in [-0.39, 0.29) is 0 Å². The highest BCUT2D eigenvalue weighted by Crippen LogP contribution is 2.24. The molecule has 0 spiro atoms. The van der Waals surface area contributed by atoms with Crippen molar-refractivity contribution in [3.05, 3.63) is 29.3 Å². The molecule has 0 atom stereocenters. The van der Waals surface area contributed by atoms with Crippen LogP contribution in [0.3, 0.4) is 0 Å². The largest absolute Gasteiger partial charge is 0.494 e. The normalized spacial score (nSPS) is 16.3. The van der Waals surface area contributed by atoms with E-state index < -0.39 is 10.0 Å². The van der Waals surface area contributed by atoms with E-state index in [9.17, 15) is 8.42 Å². The second kappa shape index (κ2) is 7.04. The number of rotatable bonds is 5. The van der Waals surface area contributed by atoms with Crippen molar-refractivity contribution < 1.29 is 13.2 Å². The topological polar surface area (TPSA) is 75.6 Å². The minimum Gasteiger partial charge on any atom is -0.494 e. The average molecular weight is 368 g/mol. The van der Waals surface area contributed by atoms with Crippen LogP contribution in [0.5, 0.6) is 5.75 Å². The maximum Gasteiger partial charge on any atom is 0.243 e. The summed E-state index contributed by atoms with van der Waals surface area (Å²) in [6, 6.07) is 6.58. The van der Waals surface area contributed by atoms with Gasteiger partial charge in [-0.05, 0) is 38.1 Å². The summed E-state index contributed by atoms with van der Waals surface area (Å²) in [5, 5.41) is 9.90. The SMILES string of the molecule is CCOc1ccc(S(=O)(=O)N2CCN(c3nnc(C)s3)CC2)cc1. The van der Waals surface area contributed by atoms with Gasteiger partial charge in [-0.1, -0.05) is 11.3 Å². The molecule has 0 saturated carbocycles. The number of sulfonamides is 1. The molecule has 0 bridgehead atoms. The molecule has 0 aliphatic carbocycles. The molecule has 1 aliphatic heterocycles. The maximum absolute atomic E-state index is 12.7. The monoisotopic (exact) mass is 368 g/mol. The number of hydrogen-bond donors (Lipinski definition) is 0. The summed E-state index contributed by atoms with van der Waals surface area (Å²) in [4.78, 5) is 2.38. The van der Waals surface area contributed by atoms with Gasteiger partial charge in [0.15, 0.2) is 0 Å². The lowest BCUT2D eigenvalue weighted by Crippen LogP contribution is -2.48. The Morgan fingerprint density at radius 2 is 1.79 bits per heavy atom. The zero-order chi connectivity index (χ0) is 17.2. The highest BCUT2D eigenvalue weighted by atomic mass is 32.2. The highest BCUT2D eigenvalue weighted by Gasteiger charge is 2.29. The number of benzene rings is 1. The summed E-state index contributed by atoms with van der Waals surface area (Å²) in [7, 11) is -3.48. The fraction of sp³-hybridized carbons (Fsp3) is 0.467. The van der Waals surface area contributed by atoms with Gasteiger partial charge in [-0.3, -0.25) is 0 Å². The minimum absolute atomic E-state index is 0.297. The predicted octanol–water partition coefficient (Wildman–Crippen LogP) is 1.76. The van der Waals surface area contributed by atoms with Crippen molar-refractivity contribution in [2.24, 2.45) is 0 Å². The quantitative estimate of drug-likeness (QED) is 0.800. The summed E-state index contributed by atoms with van der Waals surface area (Å²) in [6.07, 6.45) is 0. The summed E-state index contributed by atoms with van der Waals surface area (Å²) in [5.74, 6) is 0.674. The molecular formula is C15H20N4O3S2. The van der Waals surface area contributed by atoms with Crippen molar-refractivity contribution >= 4 is 26.5 Å². The highest BCUT2D eigenvalue weighted by molar-refractivity contribution is 7.89. The Labute approximate surface area is 145 Å². The van der Waals surface area contributed by atoms with E-state index in [0.717, 1.165) is 10.1 Å². The maximum atomic E-state index is 12.7. The van der Waals surface area contributed by atoms with Gasteiger partial charge < -0.3 is 9.64 Å². The summed E-state index contributed by atoms with van der Waals surface area (Å²) in [6.45, 7) is 6.47. The van der Waals surface area contributed by atoms with Gasteiger partial charge in [-0.15, -0.1) is 10.2 Å². The predicted molar refractivity (Wildman–Crippen MR) is 93.2 cm³/mol. The molecule has 1 saturated heterocycles. The Balaban J connectivity index is 1.68. The van der Waals surface area contributed by atoms with Crippen molar-refractivity contribution in [1.82, 2.24) is 14.5 Å². The van der Waals surface area contributed by atoms with Crippen LogP contribution in [-0.2, 0) is 10.0 Å². The van der Waals surface area contributed by atoms with Crippen molar-refractivity contribution in [3.8, 4) is 5.75 Å². The minimum atomic E-state index is -3.48. The van der Waals surface area contributed by atoms with Crippen molar-refractivity contribution in [3.63, 3.8) is 0 Å². The Morgan fingerprint density at radius 1 is 1.12 bits per heavy atom. The van der Waals surface area contributed by atoms with Crippen LogP contribution in [0.2, 0.25) is 0 Å². The molecule has 2 aromatic rings. The number of hydrogen-bond acceptors (Lipinski definition) is 7. The van der Waals surface area contributed by atoms with Crippen molar-refractivity contribution in [2.75, 3.05) is 37.7 Å². The Hall–Kier alpha value is -1.71. The molecule has 7 nitrogen and oxygen atoms in total. The first-order chi connectivity index (χ1) is 11.5. The van der Waals surface area contributed by atoms with Crippen LogP contribution in [0, 0.1) is 6.92 Å². The van der Waals surface area contributed by atoms with Crippen LogP contribution in [0.25, 0.3) is 0 Å². The Morgan fingerprint density at radius 3 is 2.33 bits per heavy atom. The summed E-state index contributed by atoms with van der Waals surface area (Å²) in [5.41, 5.74) is 0. The number of aryl methyl sites for hydroxylation is 1. The van der Waals surface area contributed by atoms with Crippen LogP contribution in [-0.4, -0.2) is 55.7 Å². The van der Waals surface area contributed by atoms with Crippen LogP contribution in [0.4, 0.5) is 5.13 Å². The van der Waals surface area contributed by atoms with Gasteiger partial charge in [0.1, 0.15) is 10.8 Å². The van der Waals surface area contributed by atoms with Crippen LogP contribution in [0.15, 0.2) is 29.2 Å². The molecule has 1 aromatic heterocycles. The Kier molecular flexibility index (Phi) is 5.02. The first kappa shape index (κ1) is 17.1. The Bertz CT molecular complexity index is 781. The number of piperazine rings is 1. The average Bonchev–Trinajstić information content (AvgIpc) is 3.02. The molecule has 0 unspecified atom stereocenters. The molecule has 2 heterocycles. The molecule has 3 rings (SSSR count). The van der Waals surface area contributed by atoms with Gasteiger partial charge >= 0.3 is 0 Å². The lowest BCUT2D eigenvalue weighted by Gasteiger charge is -2.33. The van der Waals surface area contributed by atoms with Crippen molar-refractivity contribution in [1.29, 1.82) is 0 Å². The van der Waals surface area contributed by atoms with Gasteiger partial charge in [-0.25, -0.2) is 8.42 Å². The lowest BCUT2D eigenvalue weighted by atomic mass is 10.3. The van der Waals surface area contributed by atoms with E-state index in [1.54, 1.807) is 24.3 Å². The zero-order valence-corrected chi connectivity index (χ0v) is 15.3. The summed E-state index contributed by atoms with van der Waals surface area (Å²) < 4.78 is 32.4. The molecule has 0 N–H and O–H groups in total. The third-order valence-electron chi connectivity index (χ3n) is 3.80. The second-order valence-corrected chi connectivity index (χ2v) is 8.50.